The Kier molecular flexibility index (Phi) is 4.94. The van der Waals surface area contributed by atoms with Crippen LogP contribution in [0.5, 0.6) is 0 Å². The van der Waals surface area contributed by atoms with E-state index in [9.17, 15) is 4.79 Å². The van der Waals surface area contributed by atoms with Crippen molar-refractivity contribution in [1.29, 1.82) is 0 Å². The van der Waals surface area contributed by atoms with Crippen molar-refractivity contribution in [3.05, 3.63) is 23.5 Å². The largest absolute Gasteiger partial charge is 0.444 e. The summed E-state index contributed by atoms with van der Waals surface area (Å²) in [5.74, 6) is 0. The van der Waals surface area contributed by atoms with Crippen LogP contribution in [0.3, 0.4) is 0 Å². The van der Waals surface area contributed by atoms with Crippen molar-refractivity contribution >= 4 is 11.8 Å². The number of ether oxygens (including phenoxy) is 1. The monoisotopic (exact) mass is 305 g/mol. The quantitative estimate of drug-likeness (QED) is 0.928. The molecule has 1 aliphatic rings. The fraction of sp³-hybridized carbons (Fsp3) is 0.647. The number of carbonyl (C=O) groups excluding carboxylic acids is 1. The lowest BCUT2D eigenvalue weighted by Crippen LogP contribution is -2.42. The molecule has 1 unspecified atom stereocenters. The number of hydrogen-bond donors (Lipinski definition) is 1. The third-order valence-electron chi connectivity index (χ3n) is 3.76. The number of rotatable bonds is 3. The molecule has 2 rings (SSSR count). The van der Waals surface area contributed by atoms with Gasteiger partial charge < -0.3 is 15.0 Å². The van der Waals surface area contributed by atoms with Crippen molar-refractivity contribution in [3.8, 4) is 0 Å². The Morgan fingerprint density at radius 2 is 2.14 bits per heavy atom. The van der Waals surface area contributed by atoms with Gasteiger partial charge in [0.05, 0.1) is 17.4 Å². The molecule has 1 fully saturated rings. The summed E-state index contributed by atoms with van der Waals surface area (Å²) in [7, 11) is 0. The van der Waals surface area contributed by atoms with Gasteiger partial charge in [-0.15, -0.1) is 0 Å². The molecule has 0 spiro atoms. The van der Waals surface area contributed by atoms with Crippen LogP contribution in [0, 0.1) is 13.8 Å². The third-order valence-corrected chi connectivity index (χ3v) is 3.76. The topological polar surface area (TPSA) is 54.5 Å². The van der Waals surface area contributed by atoms with Crippen molar-refractivity contribution in [3.63, 3.8) is 0 Å². The standard InChI is InChI=1S/C17H27N3O2/c1-12-8-9-15(13(2)19-12)18-11-14-7-6-10-20(14)16(21)22-17(3,4)5/h8-9,14,18H,6-7,10-11H2,1-5H3. The molecule has 1 atom stereocenters. The smallest absolute Gasteiger partial charge is 0.410 e. The lowest BCUT2D eigenvalue weighted by molar-refractivity contribution is 0.0235. The van der Waals surface area contributed by atoms with Crippen molar-refractivity contribution < 1.29 is 9.53 Å². The van der Waals surface area contributed by atoms with Gasteiger partial charge in [-0.3, -0.25) is 4.98 Å². The van der Waals surface area contributed by atoms with Crippen molar-refractivity contribution in [1.82, 2.24) is 9.88 Å². The van der Waals surface area contributed by atoms with Gasteiger partial charge in [-0.25, -0.2) is 4.79 Å². The average molecular weight is 305 g/mol. The average Bonchev–Trinajstić information content (AvgIpc) is 2.84. The van der Waals surface area contributed by atoms with E-state index in [4.69, 9.17) is 4.74 Å². The molecule has 0 saturated carbocycles. The molecule has 5 heteroatoms. The molecular weight excluding hydrogens is 278 g/mol. The first-order chi connectivity index (χ1) is 10.3. The van der Waals surface area contributed by atoms with Crippen LogP contribution in [-0.4, -0.2) is 40.7 Å². The van der Waals surface area contributed by atoms with Gasteiger partial charge in [0.1, 0.15) is 5.60 Å². The zero-order valence-corrected chi connectivity index (χ0v) is 14.3. The lowest BCUT2D eigenvalue weighted by atomic mass is 10.2. The van der Waals surface area contributed by atoms with E-state index in [1.54, 1.807) is 0 Å². The predicted octanol–water partition coefficient (Wildman–Crippen LogP) is 3.51. The minimum atomic E-state index is -0.449. The molecule has 5 nitrogen and oxygen atoms in total. The molecule has 122 valence electrons. The second-order valence-corrected chi connectivity index (χ2v) is 6.94. The van der Waals surface area contributed by atoms with Crippen LogP contribution >= 0.6 is 0 Å². The molecule has 1 aliphatic heterocycles. The van der Waals surface area contributed by atoms with Gasteiger partial charge in [0.25, 0.3) is 0 Å². The molecule has 2 heterocycles. The van der Waals surface area contributed by atoms with Crippen LogP contribution in [0.15, 0.2) is 12.1 Å². The van der Waals surface area contributed by atoms with Crippen molar-refractivity contribution in [2.75, 3.05) is 18.4 Å². The molecule has 22 heavy (non-hydrogen) atoms. The number of likely N-dealkylation sites (tertiary alicyclic amines) is 1. The summed E-state index contributed by atoms with van der Waals surface area (Å²) >= 11 is 0. The maximum atomic E-state index is 12.3. The summed E-state index contributed by atoms with van der Waals surface area (Å²) in [5.41, 5.74) is 2.58. The van der Waals surface area contributed by atoms with Gasteiger partial charge in [-0.05, 0) is 59.6 Å². The Hall–Kier alpha value is -1.78. The van der Waals surface area contributed by atoms with Gasteiger partial charge >= 0.3 is 6.09 Å². The molecule has 0 aliphatic carbocycles. The Balaban J connectivity index is 1.95. The van der Waals surface area contributed by atoms with Crippen LogP contribution in [0.25, 0.3) is 0 Å². The Bertz CT molecular complexity index is 537. The predicted molar refractivity (Wildman–Crippen MR) is 88.2 cm³/mol. The maximum absolute atomic E-state index is 12.3. The normalized spacial score (nSPS) is 18.4. The van der Waals surface area contributed by atoms with E-state index in [0.29, 0.717) is 0 Å². The minimum absolute atomic E-state index is 0.176. The number of nitrogens with one attached hydrogen (secondary N) is 1. The van der Waals surface area contributed by atoms with Crippen LogP contribution in [0.2, 0.25) is 0 Å². The number of amides is 1. The van der Waals surface area contributed by atoms with Crippen LogP contribution < -0.4 is 5.32 Å². The first-order valence-corrected chi connectivity index (χ1v) is 7.94. The number of carbonyl (C=O) groups is 1. The first kappa shape index (κ1) is 16.6. The highest BCUT2D eigenvalue weighted by molar-refractivity contribution is 5.69. The van der Waals surface area contributed by atoms with Crippen LogP contribution in [0.4, 0.5) is 10.5 Å². The number of aryl methyl sites for hydroxylation is 2. The Morgan fingerprint density at radius 3 is 2.77 bits per heavy atom. The number of pyridine rings is 1. The fourth-order valence-corrected chi connectivity index (χ4v) is 2.71. The van der Waals surface area contributed by atoms with E-state index in [0.717, 1.165) is 43.0 Å². The maximum Gasteiger partial charge on any atom is 0.410 e. The number of aromatic nitrogens is 1. The molecule has 1 N–H and O–H groups in total. The summed E-state index contributed by atoms with van der Waals surface area (Å²) < 4.78 is 5.49. The first-order valence-electron chi connectivity index (χ1n) is 7.94. The number of hydrogen-bond acceptors (Lipinski definition) is 4. The van der Waals surface area contributed by atoms with Gasteiger partial charge in [-0.1, -0.05) is 0 Å². The number of nitrogens with zero attached hydrogens (tertiary/aromatic N) is 2. The van der Waals surface area contributed by atoms with E-state index in [-0.39, 0.29) is 12.1 Å². The molecule has 0 aromatic carbocycles. The Labute approximate surface area is 133 Å². The number of anilines is 1. The third kappa shape index (κ3) is 4.36. The van der Waals surface area contributed by atoms with Gasteiger partial charge in [0.15, 0.2) is 0 Å². The molecule has 1 aromatic rings. The van der Waals surface area contributed by atoms with Gasteiger partial charge in [-0.2, -0.15) is 0 Å². The lowest BCUT2D eigenvalue weighted by Gasteiger charge is -2.29. The highest BCUT2D eigenvalue weighted by atomic mass is 16.6. The summed E-state index contributed by atoms with van der Waals surface area (Å²) in [6.45, 7) is 11.2. The summed E-state index contributed by atoms with van der Waals surface area (Å²) in [4.78, 5) is 18.6. The van der Waals surface area contributed by atoms with Crippen LogP contribution in [0.1, 0.15) is 45.0 Å². The summed E-state index contributed by atoms with van der Waals surface area (Å²) in [6, 6.07) is 4.22. The summed E-state index contributed by atoms with van der Waals surface area (Å²) in [6.07, 6.45) is 1.82. The Morgan fingerprint density at radius 1 is 1.41 bits per heavy atom. The van der Waals surface area contributed by atoms with Crippen molar-refractivity contribution in [2.45, 2.75) is 59.1 Å². The SMILES string of the molecule is Cc1ccc(NCC2CCCN2C(=O)OC(C)(C)C)c(C)n1. The second-order valence-electron chi connectivity index (χ2n) is 6.94. The van der Waals surface area contributed by atoms with E-state index in [2.05, 4.69) is 10.3 Å². The summed E-state index contributed by atoms with van der Waals surface area (Å²) in [5, 5.41) is 3.42. The zero-order valence-electron chi connectivity index (χ0n) is 14.3. The molecular formula is C17H27N3O2. The highest BCUT2D eigenvalue weighted by Crippen LogP contribution is 2.22. The molecule has 1 amide bonds. The minimum Gasteiger partial charge on any atom is -0.444 e. The molecule has 1 saturated heterocycles. The van der Waals surface area contributed by atoms with E-state index in [1.165, 1.54) is 0 Å². The van der Waals surface area contributed by atoms with Crippen LogP contribution in [-0.2, 0) is 4.74 Å². The van der Waals surface area contributed by atoms with E-state index in [1.807, 2.05) is 51.7 Å². The molecule has 0 radical (unpaired) electrons. The van der Waals surface area contributed by atoms with Gasteiger partial charge in [0, 0.05) is 18.8 Å². The van der Waals surface area contributed by atoms with E-state index < -0.39 is 5.60 Å². The fourth-order valence-electron chi connectivity index (χ4n) is 2.71. The molecule has 0 bridgehead atoms. The molecule has 1 aromatic heterocycles. The highest BCUT2D eigenvalue weighted by Gasteiger charge is 2.31. The second kappa shape index (κ2) is 6.55. The zero-order chi connectivity index (χ0) is 16.3. The van der Waals surface area contributed by atoms with Gasteiger partial charge in [0.2, 0.25) is 0 Å². The van der Waals surface area contributed by atoms with Crippen molar-refractivity contribution in [2.24, 2.45) is 0 Å². The van der Waals surface area contributed by atoms with E-state index >= 15 is 0 Å².